The van der Waals surface area contributed by atoms with Crippen LogP contribution in [0.25, 0.3) is 11.0 Å². The van der Waals surface area contributed by atoms with E-state index >= 15 is 0 Å². The normalized spacial score (nSPS) is 11.5. The standard InChI is InChI=1S/C20H19N5O7/c21-20-24-16-12(17(28)25-20)9-10(22-16)3-1-2-4-11-5-7-14(32-11)18(29)23-13(19(30)31)6-8-15(26)27/h5,7,9,13H,1,3,6,8H2,(H,23,29)(H,26,27)(H,30,31)(H4,21,22,24,25,28)/t13-/m0/s1. The monoisotopic (exact) mass is 441 g/mol. The van der Waals surface area contributed by atoms with Gasteiger partial charge >= 0.3 is 11.9 Å². The van der Waals surface area contributed by atoms with E-state index in [1.165, 1.54) is 12.1 Å². The van der Waals surface area contributed by atoms with Gasteiger partial charge in [0.15, 0.2) is 11.5 Å². The number of aliphatic carboxylic acids is 2. The second kappa shape index (κ2) is 9.52. The van der Waals surface area contributed by atoms with Gasteiger partial charge in [-0.1, -0.05) is 5.92 Å². The molecule has 0 aliphatic heterocycles. The number of amides is 1. The number of carboxylic acid groups (broad SMARTS) is 2. The lowest BCUT2D eigenvalue weighted by atomic mass is 10.1. The predicted molar refractivity (Wildman–Crippen MR) is 111 cm³/mol. The van der Waals surface area contributed by atoms with Gasteiger partial charge in [0, 0.05) is 18.5 Å². The van der Waals surface area contributed by atoms with Crippen LogP contribution in [0.15, 0.2) is 27.4 Å². The van der Waals surface area contributed by atoms with Crippen molar-refractivity contribution in [2.75, 3.05) is 5.73 Å². The molecule has 3 heterocycles. The Morgan fingerprint density at radius 3 is 2.75 bits per heavy atom. The van der Waals surface area contributed by atoms with Gasteiger partial charge in [-0.15, -0.1) is 0 Å². The maximum atomic E-state index is 12.2. The van der Waals surface area contributed by atoms with Gasteiger partial charge in [-0.2, -0.15) is 4.98 Å². The zero-order chi connectivity index (χ0) is 23.3. The molecule has 0 aliphatic rings. The summed E-state index contributed by atoms with van der Waals surface area (Å²) in [6.45, 7) is 0. The second-order valence-corrected chi connectivity index (χ2v) is 6.77. The summed E-state index contributed by atoms with van der Waals surface area (Å²) in [6.07, 6.45) is 0.255. The van der Waals surface area contributed by atoms with E-state index < -0.39 is 30.3 Å². The highest BCUT2D eigenvalue weighted by Gasteiger charge is 2.23. The van der Waals surface area contributed by atoms with Gasteiger partial charge in [0.25, 0.3) is 11.5 Å². The molecule has 1 amide bonds. The first-order valence-electron chi connectivity index (χ1n) is 9.44. The summed E-state index contributed by atoms with van der Waals surface area (Å²) in [6, 6.07) is 3.12. The van der Waals surface area contributed by atoms with Crippen molar-refractivity contribution in [2.45, 2.75) is 31.7 Å². The van der Waals surface area contributed by atoms with Gasteiger partial charge in [-0.05, 0) is 37.0 Å². The SMILES string of the molecule is Nc1nc2[nH]c(CCC#Cc3ccc(C(=O)N[C@@H](CCC(=O)O)C(=O)O)o3)cc2c(=O)[nH]1. The topological polar surface area (TPSA) is 204 Å². The minimum absolute atomic E-state index is 0.0184. The average Bonchev–Trinajstić information content (AvgIpc) is 3.35. The number of nitrogens with zero attached hydrogens (tertiary/aromatic N) is 1. The first-order chi connectivity index (χ1) is 15.2. The number of hydrogen-bond donors (Lipinski definition) is 6. The van der Waals surface area contributed by atoms with Crippen LogP contribution in [0, 0.1) is 11.8 Å². The van der Waals surface area contributed by atoms with Gasteiger partial charge in [0.2, 0.25) is 5.95 Å². The maximum absolute atomic E-state index is 12.2. The number of fused-ring (bicyclic) bond motifs is 1. The Balaban J connectivity index is 1.58. The molecule has 3 aromatic rings. The van der Waals surface area contributed by atoms with E-state index in [-0.39, 0.29) is 29.4 Å². The van der Waals surface area contributed by atoms with Crippen LogP contribution in [0.4, 0.5) is 5.95 Å². The van der Waals surface area contributed by atoms with Crippen molar-refractivity contribution in [1.29, 1.82) is 0 Å². The van der Waals surface area contributed by atoms with Gasteiger partial charge in [-0.3, -0.25) is 19.4 Å². The fourth-order valence-corrected chi connectivity index (χ4v) is 2.85. The quantitative estimate of drug-likeness (QED) is 0.268. The third kappa shape index (κ3) is 5.54. The largest absolute Gasteiger partial charge is 0.481 e. The Kier molecular flexibility index (Phi) is 6.59. The zero-order valence-electron chi connectivity index (χ0n) is 16.6. The molecule has 12 nitrogen and oxygen atoms in total. The summed E-state index contributed by atoms with van der Waals surface area (Å²) in [5, 5.41) is 20.4. The first-order valence-corrected chi connectivity index (χ1v) is 9.44. The van der Waals surface area contributed by atoms with Crippen LogP contribution in [0.3, 0.4) is 0 Å². The molecule has 32 heavy (non-hydrogen) atoms. The number of H-pyrrole nitrogens is 2. The van der Waals surface area contributed by atoms with E-state index in [1.54, 1.807) is 6.07 Å². The van der Waals surface area contributed by atoms with E-state index in [4.69, 9.17) is 20.4 Å². The molecule has 0 saturated carbocycles. The number of carboxylic acids is 2. The smallest absolute Gasteiger partial charge is 0.326 e. The molecular weight excluding hydrogens is 422 g/mol. The number of carbonyl (C=O) groups excluding carboxylic acids is 1. The molecule has 1 atom stereocenters. The van der Waals surface area contributed by atoms with Crippen LogP contribution >= 0.6 is 0 Å². The first kappa shape index (κ1) is 22.2. The van der Waals surface area contributed by atoms with Crippen molar-refractivity contribution in [2.24, 2.45) is 0 Å². The fraction of sp³-hybridized carbons (Fsp3) is 0.250. The van der Waals surface area contributed by atoms with Crippen molar-refractivity contribution in [3.05, 3.63) is 45.8 Å². The number of nitrogens with two attached hydrogens (primary N) is 1. The summed E-state index contributed by atoms with van der Waals surface area (Å²) < 4.78 is 5.31. The average molecular weight is 441 g/mol. The predicted octanol–water partition coefficient (Wildman–Crippen LogP) is 0.459. The van der Waals surface area contributed by atoms with Gasteiger partial charge < -0.3 is 30.7 Å². The summed E-state index contributed by atoms with van der Waals surface area (Å²) in [7, 11) is 0. The molecule has 7 N–H and O–H groups in total. The van der Waals surface area contributed by atoms with Crippen LogP contribution in [-0.4, -0.2) is 49.1 Å². The van der Waals surface area contributed by atoms with Crippen LogP contribution < -0.4 is 16.6 Å². The summed E-state index contributed by atoms with van der Waals surface area (Å²) in [5.74, 6) is 2.41. The zero-order valence-corrected chi connectivity index (χ0v) is 16.6. The van der Waals surface area contributed by atoms with Crippen molar-refractivity contribution >= 4 is 34.8 Å². The Hall–Kier alpha value is -4.53. The molecule has 0 radical (unpaired) electrons. The Morgan fingerprint density at radius 2 is 2.03 bits per heavy atom. The molecule has 3 rings (SSSR count). The number of hydrogen-bond acceptors (Lipinski definition) is 7. The molecule has 0 saturated heterocycles. The fourth-order valence-electron chi connectivity index (χ4n) is 2.85. The van der Waals surface area contributed by atoms with E-state index in [1.807, 2.05) is 0 Å². The molecule has 0 bridgehead atoms. The summed E-state index contributed by atoms with van der Waals surface area (Å²) in [4.78, 5) is 55.2. The lowest BCUT2D eigenvalue weighted by Crippen LogP contribution is -2.41. The molecule has 3 aromatic heterocycles. The summed E-state index contributed by atoms with van der Waals surface area (Å²) in [5.41, 5.74) is 6.31. The molecule has 0 aromatic carbocycles. The van der Waals surface area contributed by atoms with Crippen LogP contribution in [-0.2, 0) is 16.0 Å². The van der Waals surface area contributed by atoms with Crippen LogP contribution in [0.5, 0.6) is 0 Å². The van der Waals surface area contributed by atoms with Gasteiger partial charge in [0.05, 0.1) is 5.39 Å². The Bertz CT molecular complexity index is 1290. The minimum Gasteiger partial charge on any atom is -0.481 e. The van der Waals surface area contributed by atoms with Crippen molar-refractivity contribution < 1.29 is 29.0 Å². The van der Waals surface area contributed by atoms with Crippen LogP contribution in [0.2, 0.25) is 0 Å². The lowest BCUT2D eigenvalue weighted by Gasteiger charge is -2.12. The molecule has 0 fully saturated rings. The van der Waals surface area contributed by atoms with Gasteiger partial charge in [-0.25, -0.2) is 4.79 Å². The van der Waals surface area contributed by atoms with E-state index in [2.05, 4.69) is 32.1 Å². The third-order valence-electron chi connectivity index (χ3n) is 4.38. The molecule has 166 valence electrons. The third-order valence-corrected chi connectivity index (χ3v) is 4.38. The Labute approximate surface area is 179 Å². The van der Waals surface area contributed by atoms with E-state index in [0.29, 0.717) is 23.9 Å². The molecule has 0 unspecified atom stereocenters. The lowest BCUT2D eigenvalue weighted by molar-refractivity contribution is -0.140. The molecular formula is C20H19N5O7. The second-order valence-electron chi connectivity index (χ2n) is 6.77. The van der Waals surface area contributed by atoms with E-state index in [0.717, 1.165) is 5.69 Å². The minimum atomic E-state index is -1.35. The number of aromatic amines is 2. The van der Waals surface area contributed by atoms with Crippen molar-refractivity contribution in [3.8, 4) is 11.8 Å². The molecule has 0 spiro atoms. The van der Waals surface area contributed by atoms with Crippen LogP contribution in [0.1, 0.15) is 41.3 Å². The number of anilines is 1. The highest BCUT2D eigenvalue weighted by Crippen LogP contribution is 2.12. The van der Waals surface area contributed by atoms with Crippen molar-refractivity contribution in [1.82, 2.24) is 20.3 Å². The molecule has 0 aliphatic carbocycles. The molecule has 12 heteroatoms. The highest BCUT2D eigenvalue weighted by molar-refractivity contribution is 5.94. The number of nitrogen functional groups attached to an aromatic ring is 1. The summed E-state index contributed by atoms with van der Waals surface area (Å²) >= 11 is 0. The number of furan rings is 1. The maximum Gasteiger partial charge on any atom is 0.326 e. The van der Waals surface area contributed by atoms with E-state index in [9.17, 15) is 19.2 Å². The number of nitrogens with one attached hydrogen (secondary N) is 3. The number of aromatic nitrogens is 3. The van der Waals surface area contributed by atoms with Crippen molar-refractivity contribution in [3.63, 3.8) is 0 Å². The number of rotatable bonds is 8. The number of aryl methyl sites for hydroxylation is 1. The van der Waals surface area contributed by atoms with Gasteiger partial charge in [0.1, 0.15) is 11.7 Å². The number of carbonyl (C=O) groups is 3. The highest BCUT2D eigenvalue weighted by atomic mass is 16.4. The Morgan fingerprint density at radius 1 is 1.25 bits per heavy atom.